The maximum Gasteiger partial charge on any atom is 0.0726 e. The van der Waals surface area contributed by atoms with Crippen LogP contribution in [-0.2, 0) is 10.8 Å². The molecule has 250 valence electrons. The van der Waals surface area contributed by atoms with Gasteiger partial charge in [0.05, 0.1) is 16.6 Å². The van der Waals surface area contributed by atoms with Crippen LogP contribution in [0.25, 0.3) is 44.5 Å². The standard InChI is InChI=1S/C52H37N/c1-51(2)44-23-11-6-19-38(44)42-30-28-35(32-48(42)51)53(50-27-15-10-18-37(50)34-16-4-3-5-17-34)36-29-31-43-41-22-9-14-26-47(41)52(49(43)33-36)45-24-12-7-20-39(45)40-21-8-13-25-46(40)52/h3-33H,1-2H3/i10D,15D,18D,27D. The van der Waals surface area contributed by atoms with Gasteiger partial charge in [-0.2, -0.15) is 0 Å². The molecule has 53 heavy (non-hydrogen) atoms. The van der Waals surface area contributed by atoms with Crippen LogP contribution in [0.15, 0.2) is 188 Å². The van der Waals surface area contributed by atoms with Crippen molar-refractivity contribution in [1.82, 2.24) is 0 Å². The average molecular weight is 680 g/mol. The summed E-state index contributed by atoms with van der Waals surface area (Å²) in [6.45, 7) is 4.53. The predicted octanol–water partition coefficient (Wildman–Crippen LogP) is 13.5. The van der Waals surface area contributed by atoms with Crippen LogP contribution in [0.3, 0.4) is 0 Å². The average Bonchev–Trinajstić information content (AvgIpc) is 3.81. The van der Waals surface area contributed by atoms with Gasteiger partial charge in [-0.05, 0) is 103 Å². The molecule has 1 heteroatoms. The van der Waals surface area contributed by atoms with E-state index in [2.05, 4.69) is 152 Å². The third kappa shape index (κ3) is 4.02. The summed E-state index contributed by atoms with van der Waals surface area (Å²) >= 11 is 0. The molecule has 1 spiro atoms. The second-order valence-corrected chi connectivity index (χ2v) is 14.9. The van der Waals surface area contributed by atoms with E-state index in [-0.39, 0.29) is 29.6 Å². The van der Waals surface area contributed by atoms with E-state index in [0.29, 0.717) is 11.3 Å². The number of nitrogens with zero attached hydrogens (tertiary/aromatic N) is 1. The fourth-order valence-corrected chi connectivity index (χ4v) is 9.75. The van der Waals surface area contributed by atoms with Gasteiger partial charge < -0.3 is 4.90 Å². The molecule has 0 saturated carbocycles. The van der Waals surface area contributed by atoms with Crippen molar-refractivity contribution in [3.63, 3.8) is 0 Å². The number of benzene rings is 8. The Morgan fingerprint density at radius 1 is 0.396 bits per heavy atom. The molecule has 11 rings (SSSR count). The normalized spacial score (nSPS) is 15.6. The summed E-state index contributed by atoms with van der Waals surface area (Å²) in [5.74, 6) is 0. The second-order valence-electron chi connectivity index (χ2n) is 14.9. The Kier molecular flexibility index (Phi) is 5.48. The summed E-state index contributed by atoms with van der Waals surface area (Å²) in [6.07, 6.45) is 0. The highest BCUT2D eigenvalue weighted by molar-refractivity contribution is 5.97. The summed E-state index contributed by atoms with van der Waals surface area (Å²) < 4.78 is 37.0. The fourth-order valence-electron chi connectivity index (χ4n) is 9.75. The van der Waals surface area contributed by atoms with Crippen LogP contribution < -0.4 is 4.90 Å². The first kappa shape index (κ1) is 26.4. The largest absolute Gasteiger partial charge is 0.310 e. The summed E-state index contributed by atoms with van der Waals surface area (Å²) in [5, 5.41) is 0. The SMILES string of the molecule is [2H]c1c([2H])c([2H])c(N(c2ccc3c(c2)C(C)(C)c2ccccc2-3)c2ccc3c(c2)C2(c4ccccc4-c4ccccc42)c2ccccc2-3)c(-c2ccccc2)c1[2H]. The van der Waals surface area contributed by atoms with Crippen molar-refractivity contribution < 1.29 is 5.48 Å². The second kappa shape index (κ2) is 11.0. The maximum atomic E-state index is 9.67. The molecular formula is C52H37N. The molecule has 0 bridgehead atoms. The van der Waals surface area contributed by atoms with Crippen LogP contribution in [0.5, 0.6) is 0 Å². The fraction of sp³-hybridized carbons (Fsp3) is 0.0769. The van der Waals surface area contributed by atoms with Crippen molar-refractivity contribution in [2.24, 2.45) is 0 Å². The lowest BCUT2D eigenvalue weighted by Crippen LogP contribution is -2.26. The minimum Gasteiger partial charge on any atom is -0.310 e. The van der Waals surface area contributed by atoms with Crippen molar-refractivity contribution in [2.75, 3.05) is 4.90 Å². The molecule has 0 atom stereocenters. The summed E-state index contributed by atoms with van der Waals surface area (Å²) in [7, 11) is 0. The number of hydrogen-bond acceptors (Lipinski definition) is 1. The number of fused-ring (bicyclic) bond motifs is 13. The summed E-state index contributed by atoms with van der Waals surface area (Å²) in [5.41, 5.74) is 16.9. The number of rotatable bonds is 4. The molecule has 0 saturated heterocycles. The number of anilines is 3. The smallest absolute Gasteiger partial charge is 0.0726 e. The monoisotopic (exact) mass is 679 g/mol. The van der Waals surface area contributed by atoms with Gasteiger partial charge in [0, 0.05) is 22.4 Å². The van der Waals surface area contributed by atoms with E-state index in [9.17, 15) is 2.74 Å². The first-order valence-electron chi connectivity index (χ1n) is 20.4. The molecule has 0 amide bonds. The first-order valence-corrected chi connectivity index (χ1v) is 18.4. The van der Waals surface area contributed by atoms with Crippen LogP contribution in [0.1, 0.15) is 52.7 Å². The lowest BCUT2D eigenvalue weighted by molar-refractivity contribution is 0.660. The zero-order valence-electron chi connectivity index (χ0n) is 33.5. The van der Waals surface area contributed by atoms with Crippen molar-refractivity contribution in [3.8, 4) is 44.5 Å². The molecular weight excluding hydrogens is 639 g/mol. The Morgan fingerprint density at radius 2 is 0.830 bits per heavy atom. The zero-order valence-corrected chi connectivity index (χ0v) is 29.5. The highest BCUT2D eigenvalue weighted by Gasteiger charge is 2.51. The van der Waals surface area contributed by atoms with Crippen molar-refractivity contribution in [1.29, 1.82) is 0 Å². The minimum absolute atomic E-state index is 0.0696. The molecule has 0 heterocycles. The molecule has 0 radical (unpaired) electrons. The van der Waals surface area contributed by atoms with Crippen LogP contribution in [0.4, 0.5) is 17.1 Å². The van der Waals surface area contributed by atoms with E-state index in [1.807, 2.05) is 30.3 Å². The van der Waals surface area contributed by atoms with Crippen LogP contribution >= 0.6 is 0 Å². The number of para-hydroxylation sites is 1. The number of hydrogen-bond donors (Lipinski definition) is 0. The predicted molar refractivity (Wildman–Crippen MR) is 220 cm³/mol. The van der Waals surface area contributed by atoms with Gasteiger partial charge in [-0.25, -0.2) is 0 Å². The molecule has 0 aromatic heterocycles. The molecule has 8 aromatic rings. The van der Waals surface area contributed by atoms with Gasteiger partial charge in [-0.1, -0.05) is 172 Å². The van der Waals surface area contributed by atoms with Crippen LogP contribution in [0, 0.1) is 0 Å². The zero-order chi connectivity index (χ0) is 38.8. The van der Waals surface area contributed by atoms with E-state index >= 15 is 0 Å². The van der Waals surface area contributed by atoms with Gasteiger partial charge in [0.25, 0.3) is 0 Å². The van der Waals surface area contributed by atoms with E-state index in [1.54, 1.807) is 0 Å². The van der Waals surface area contributed by atoms with Gasteiger partial charge in [0.2, 0.25) is 0 Å². The van der Waals surface area contributed by atoms with Gasteiger partial charge in [-0.15, -0.1) is 0 Å². The molecule has 0 aliphatic heterocycles. The summed E-state index contributed by atoms with van der Waals surface area (Å²) in [6, 6.07) is 57.0. The van der Waals surface area contributed by atoms with Crippen LogP contribution in [0.2, 0.25) is 0 Å². The first-order chi connectivity index (χ1) is 27.7. The van der Waals surface area contributed by atoms with Crippen molar-refractivity contribution >= 4 is 17.1 Å². The van der Waals surface area contributed by atoms with E-state index in [4.69, 9.17) is 2.74 Å². The molecule has 1 nitrogen and oxygen atoms in total. The molecule has 0 unspecified atom stereocenters. The Labute approximate surface area is 317 Å². The Morgan fingerprint density at radius 3 is 1.42 bits per heavy atom. The lowest BCUT2D eigenvalue weighted by atomic mass is 9.70. The van der Waals surface area contributed by atoms with E-state index in [1.165, 1.54) is 55.6 Å². The van der Waals surface area contributed by atoms with E-state index < -0.39 is 5.41 Å². The lowest BCUT2D eigenvalue weighted by Gasteiger charge is -2.33. The Bertz CT molecular complexity index is 2940. The highest BCUT2D eigenvalue weighted by atomic mass is 15.1. The molecule has 0 fully saturated rings. The molecule has 3 aliphatic carbocycles. The molecule has 0 N–H and O–H groups in total. The molecule has 8 aromatic carbocycles. The quantitative estimate of drug-likeness (QED) is 0.179. The van der Waals surface area contributed by atoms with Crippen LogP contribution in [-0.4, -0.2) is 0 Å². The third-order valence-electron chi connectivity index (χ3n) is 12.0. The van der Waals surface area contributed by atoms with Crippen molar-refractivity contribution in [2.45, 2.75) is 24.7 Å². The maximum absolute atomic E-state index is 9.67. The highest BCUT2D eigenvalue weighted by Crippen LogP contribution is 2.63. The Hall–Kier alpha value is -6.44. The third-order valence-corrected chi connectivity index (χ3v) is 12.0. The molecule has 3 aliphatic rings. The topological polar surface area (TPSA) is 3.24 Å². The van der Waals surface area contributed by atoms with Crippen molar-refractivity contribution in [3.05, 3.63) is 221 Å². The summed E-state index contributed by atoms with van der Waals surface area (Å²) in [4.78, 5) is 2.09. The van der Waals surface area contributed by atoms with Gasteiger partial charge in [0.15, 0.2) is 0 Å². The van der Waals surface area contributed by atoms with E-state index in [0.717, 1.165) is 28.1 Å². The van der Waals surface area contributed by atoms with Gasteiger partial charge in [0.1, 0.15) is 0 Å². The van der Waals surface area contributed by atoms with Gasteiger partial charge in [-0.3, -0.25) is 0 Å². The Balaban J connectivity index is 1.24. The van der Waals surface area contributed by atoms with Gasteiger partial charge >= 0.3 is 0 Å². The minimum atomic E-state index is -0.583.